The van der Waals surface area contributed by atoms with Crippen LogP contribution in [0.2, 0.25) is 0 Å². The zero-order valence-corrected chi connectivity index (χ0v) is 13.7. The van der Waals surface area contributed by atoms with E-state index in [-0.39, 0.29) is 4.21 Å². The van der Waals surface area contributed by atoms with Crippen molar-refractivity contribution in [2.75, 3.05) is 11.8 Å². The summed E-state index contributed by atoms with van der Waals surface area (Å²) in [6.07, 6.45) is 1.93. The standard InChI is InChI=1S/C14H15N3O3S2/c1-3-17-9-10-4-5-11(8-12(10)15-17)16-22(18,19)14-13(20-2)6-7-21-14/h4-9,16H,3H2,1-2H3. The third-order valence-electron chi connectivity index (χ3n) is 3.19. The molecule has 0 amide bonds. The number of nitrogens with one attached hydrogen (secondary N) is 1. The number of fused-ring (bicyclic) bond motifs is 1. The summed E-state index contributed by atoms with van der Waals surface area (Å²) in [6.45, 7) is 2.76. The minimum absolute atomic E-state index is 0.161. The highest BCUT2D eigenvalue weighted by atomic mass is 32.2. The zero-order chi connectivity index (χ0) is 15.7. The highest BCUT2D eigenvalue weighted by molar-refractivity contribution is 7.94. The molecule has 0 saturated carbocycles. The first-order chi connectivity index (χ1) is 10.5. The molecule has 8 heteroatoms. The summed E-state index contributed by atoms with van der Waals surface area (Å²) in [4.78, 5) is 0. The van der Waals surface area contributed by atoms with E-state index in [4.69, 9.17) is 4.74 Å². The van der Waals surface area contributed by atoms with Gasteiger partial charge in [-0.15, -0.1) is 11.3 Å². The SMILES string of the molecule is CCn1cc2ccc(NS(=O)(=O)c3sccc3OC)cc2n1. The number of thiophene rings is 1. The average molecular weight is 337 g/mol. The van der Waals surface area contributed by atoms with E-state index in [1.807, 2.05) is 23.9 Å². The summed E-state index contributed by atoms with van der Waals surface area (Å²) in [5.74, 6) is 0.342. The van der Waals surface area contributed by atoms with Gasteiger partial charge in [-0.3, -0.25) is 9.40 Å². The lowest BCUT2D eigenvalue weighted by molar-refractivity contribution is 0.406. The maximum Gasteiger partial charge on any atom is 0.275 e. The Morgan fingerprint density at radius 1 is 1.36 bits per heavy atom. The van der Waals surface area contributed by atoms with E-state index in [1.54, 1.807) is 23.6 Å². The second-order valence-electron chi connectivity index (χ2n) is 4.64. The van der Waals surface area contributed by atoms with Gasteiger partial charge in [0.05, 0.1) is 18.3 Å². The fraction of sp³-hybridized carbons (Fsp3) is 0.214. The van der Waals surface area contributed by atoms with Crippen LogP contribution in [0, 0.1) is 0 Å². The van der Waals surface area contributed by atoms with E-state index in [0.29, 0.717) is 11.4 Å². The molecule has 1 N–H and O–H groups in total. The molecule has 0 radical (unpaired) electrons. The molecule has 0 spiro atoms. The average Bonchev–Trinajstić information content (AvgIpc) is 3.12. The molecular weight excluding hydrogens is 322 g/mol. The van der Waals surface area contributed by atoms with Crippen LogP contribution in [0.5, 0.6) is 5.75 Å². The predicted octanol–water partition coefficient (Wildman–Crippen LogP) is 2.93. The molecule has 0 aliphatic rings. The van der Waals surface area contributed by atoms with E-state index in [2.05, 4.69) is 9.82 Å². The van der Waals surface area contributed by atoms with Gasteiger partial charge in [-0.2, -0.15) is 5.10 Å². The molecule has 3 rings (SSSR count). The number of benzene rings is 1. The molecule has 1 aromatic carbocycles. The Hall–Kier alpha value is -2.06. The molecule has 0 bridgehead atoms. The molecule has 0 unspecified atom stereocenters. The molecule has 0 saturated heterocycles. The second-order valence-corrected chi connectivity index (χ2v) is 7.43. The quantitative estimate of drug-likeness (QED) is 0.777. The van der Waals surface area contributed by atoms with Crippen molar-refractivity contribution in [2.45, 2.75) is 17.7 Å². The van der Waals surface area contributed by atoms with Gasteiger partial charge in [-0.05, 0) is 36.6 Å². The van der Waals surface area contributed by atoms with Gasteiger partial charge in [0.1, 0.15) is 5.75 Å². The van der Waals surface area contributed by atoms with E-state index in [1.165, 1.54) is 7.11 Å². The number of hydrogen-bond donors (Lipinski definition) is 1. The van der Waals surface area contributed by atoms with Crippen LogP contribution in [0.3, 0.4) is 0 Å². The molecule has 22 heavy (non-hydrogen) atoms. The fourth-order valence-corrected chi connectivity index (χ4v) is 4.45. The molecule has 0 aliphatic heterocycles. The lowest BCUT2D eigenvalue weighted by Gasteiger charge is -2.07. The Morgan fingerprint density at radius 2 is 2.18 bits per heavy atom. The van der Waals surface area contributed by atoms with Crippen molar-refractivity contribution in [3.05, 3.63) is 35.8 Å². The summed E-state index contributed by atoms with van der Waals surface area (Å²) in [5, 5.41) is 7.03. The Kier molecular flexibility index (Phi) is 3.79. The Labute approximate surface area is 132 Å². The first kappa shape index (κ1) is 14.9. The molecular formula is C14H15N3O3S2. The first-order valence-electron chi connectivity index (χ1n) is 6.65. The second kappa shape index (κ2) is 5.62. The maximum atomic E-state index is 12.4. The molecule has 2 aromatic heterocycles. The highest BCUT2D eigenvalue weighted by Gasteiger charge is 2.21. The van der Waals surface area contributed by atoms with Crippen LogP contribution < -0.4 is 9.46 Å². The van der Waals surface area contributed by atoms with E-state index in [9.17, 15) is 8.42 Å². The molecule has 2 heterocycles. The van der Waals surface area contributed by atoms with Crippen molar-refractivity contribution in [2.24, 2.45) is 0 Å². The molecule has 0 aliphatic carbocycles. The van der Waals surface area contributed by atoms with Gasteiger partial charge in [0.15, 0.2) is 4.21 Å². The maximum absolute atomic E-state index is 12.4. The minimum atomic E-state index is -3.67. The minimum Gasteiger partial charge on any atom is -0.494 e. The number of rotatable bonds is 5. The Balaban J connectivity index is 1.95. The van der Waals surface area contributed by atoms with Gasteiger partial charge in [0, 0.05) is 18.1 Å². The zero-order valence-electron chi connectivity index (χ0n) is 12.1. The summed E-state index contributed by atoms with van der Waals surface area (Å²) in [7, 11) is -2.22. The number of methoxy groups -OCH3 is 1. The largest absolute Gasteiger partial charge is 0.494 e. The Morgan fingerprint density at radius 3 is 2.91 bits per heavy atom. The number of aromatic nitrogens is 2. The fourth-order valence-electron chi connectivity index (χ4n) is 2.13. The van der Waals surface area contributed by atoms with Gasteiger partial charge in [-0.1, -0.05) is 0 Å². The predicted molar refractivity (Wildman–Crippen MR) is 87.1 cm³/mol. The Bertz CT molecular complexity index is 912. The van der Waals surface area contributed by atoms with Crippen molar-refractivity contribution in [1.82, 2.24) is 9.78 Å². The monoisotopic (exact) mass is 337 g/mol. The molecule has 116 valence electrons. The normalized spacial score (nSPS) is 11.7. The van der Waals surface area contributed by atoms with Crippen molar-refractivity contribution < 1.29 is 13.2 Å². The van der Waals surface area contributed by atoms with Crippen molar-refractivity contribution >= 4 is 38.0 Å². The number of hydrogen-bond acceptors (Lipinski definition) is 5. The number of aryl methyl sites for hydroxylation is 1. The van der Waals surface area contributed by atoms with Gasteiger partial charge in [-0.25, -0.2) is 8.42 Å². The summed E-state index contributed by atoms with van der Waals surface area (Å²) < 4.78 is 34.5. The highest BCUT2D eigenvalue weighted by Crippen LogP contribution is 2.31. The van der Waals surface area contributed by atoms with Crippen LogP contribution in [0.15, 0.2) is 40.1 Å². The van der Waals surface area contributed by atoms with Crippen molar-refractivity contribution in [3.8, 4) is 5.75 Å². The third kappa shape index (κ3) is 2.67. The summed E-state index contributed by atoms with van der Waals surface area (Å²) in [6, 6.07) is 6.92. The lowest BCUT2D eigenvalue weighted by atomic mass is 10.2. The van der Waals surface area contributed by atoms with Gasteiger partial charge < -0.3 is 4.74 Å². The van der Waals surface area contributed by atoms with Crippen LogP contribution in [0.4, 0.5) is 5.69 Å². The molecule has 0 fully saturated rings. The van der Waals surface area contributed by atoms with E-state index in [0.717, 1.165) is 28.8 Å². The number of sulfonamides is 1. The van der Waals surface area contributed by atoms with Crippen LogP contribution in [-0.2, 0) is 16.6 Å². The van der Waals surface area contributed by atoms with Crippen LogP contribution in [0.25, 0.3) is 10.9 Å². The smallest absolute Gasteiger partial charge is 0.275 e. The van der Waals surface area contributed by atoms with Crippen molar-refractivity contribution in [3.63, 3.8) is 0 Å². The van der Waals surface area contributed by atoms with Gasteiger partial charge in [0.25, 0.3) is 10.0 Å². The summed E-state index contributed by atoms with van der Waals surface area (Å²) in [5.41, 5.74) is 1.23. The van der Waals surface area contributed by atoms with E-state index >= 15 is 0 Å². The van der Waals surface area contributed by atoms with Gasteiger partial charge in [0.2, 0.25) is 0 Å². The molecule has 6 nitrogen and oxygen atoms in total. The summed E-state index contributed by atoms with van der Waals surface area (Å²) >= 11 is 1.12. The molecule has 3 aromatic rings. The topological polar surface area (TPSA) is 73.2 Å². The van der Waals surface area contributed by atoms with Gasteiger partial charge >= 0.3 is 0 Å². The first-order valence-corrected chi connectivity index (χ1v) is 9.01. The van der Waals surface area contributed by atoms with Crippen LogP contribution >= 0.6 is 11.3 Å². The number of nitrogens with zero attached hydrogens (tertiary/aromatic N) is 2. The van der Waals surface area contributed by atoms with Crippen LogP contribution in [0.1, 0.15) is 6.92 Å². The lowest BCUT2D eigenvalue weighted by Crippen LogP contribution is -2.12. The number of ether oxygens (including phenoxy) is 1. The number of anilines is 1. The molecule has 0 atom stereocenters. The van der Waals surface area contributed by atoms with Crippen LogP contribution in [-0.4, -0.2) is 25.3 Å². The van der Waals surface area contributed by atoms with E-state index < -0.39 is 10.0 Å². The van der Waals surface area contributed by atoms with Crippen molar-refractivity contribution in [1.29, 1.82) is 0 Å². The third-order valence-corrected chi connectivity index (χ3v) is 6.02.